The van der Waals surface area contributed by atoms with E-state index in [1.165, 1.54) is 37.3 Å². The second-order valence-corrected chi connectivity index (χ2v) is 8.36. The van der Waals surface area contributed by atoms with E-state index in [-0.39, 0.29) is 11.9 Å². The smallest absolute Gasteiger partial charge is 0.323 e. The van der Waals surface area contributed by atoms with Crippen LogP contribution < -0.4 is 0 Å². The van der Waals surface area contributed by atoms with Crippen LogP contribution in [0.25, 0.3) is 10.2 Å². The molecule has 2 unspecified atom stereocenters. The predicted molar refractivity (Wildman–Crippen MR) is 94.2 cm³/mol. The number of thioether (sulfide) groups is 1. The van der Waals surface area contributed by atoms with Crippen LogP contribution in [0, 0.1) is 5.92 Å². The van der Waals surface area contributed by atoms with Gasteiger partial charge in [0.1, 0.15) is 4.75 Å². The first kappa shape index (κ1) is 17.2. The molecule has 1 aromatic heterocycles. The molecule has 0 aliphatic heterocycles. The fourth-order valence-electron chi connectivity index (χ4n) is 3.23. The van der Waals surface area contributed by atoms with Gasteiger partial charge in [0.05, 0.1) is 30.4 Å². The molecule has 0 amide bonds. The Balaban J connectivity index is 2.01. The average molecular weight is 365 g/mol. The number of rotatable bonds is 4. The molecule has 0 saturated heterocycles. The minimum absolute atomic E-state index is 0.353. The molecule has 0 N–H and O–H groups in total. The van der Waals surface area contributed by atoms with Crippen molar-refractivity contribution in [2.45, 2.75) is 34.8 Å². The van der Waals surface area contributed by atoms with Gasteiger partial charge in [-0.3, -0.25) is 9.59 Å². The van der Waals surface area contributed by atoms with Gasteiger partial charge in [0.2, 0.25) is 0 Å². The maximum Gasteiger partial charge on any atom is 0.323 e. The number of hydrogen-bond acceptors (Lipinski definition) is 7. The third-order valence-corrected chi connectivity index (χ3v) is 7.03. The van der Waals surface area contributed by atoms with E-state index in [1.807, 2.05) is 24.3 Å². The maximum atomic E-state index is 12.7. The minimum Gasteiger partial charge on any atom is -0.469 e. The topological polar surface area (TPSA) is 65.5 Å². The summed E-state index contributed by atoms with van der Waals surface area (Å²) >= 11 is 2.88. The lowest BCUT2D eigenvalue weighted by Crippen LogP contribution is -2.49. The molecular formula is C17H19NO4S2. The summed E-state index contributed by atoms with van der Waals surface area (Å²) in [5.74, 6) is -1.24. The Kier molecular flexibility index (Phi) is 5.10. The summed E-state index contributed by atoms with van der Waals surface area (Å²) in [5, 5.41) is 0. The Morgan fingerprint density at radius 1 is 1.25 bits per heavy atom. The van der Waals surface area contributed by atoms with Crippen molar-refractivity contribution in [1.82, 2.24) is 4.98 Å². The first-order valence-corrected chi connectivity index (χ1v) is 9.45. The molecule has 24 heavy (non-hydrogen) atoms. The minimum atomic E-state index is -0.964. The number of aromatic nitrogens is 1. The summed E-state index contributed by atoms with van der Waals surface area (Å²) in [4.78, 5) is 29.6. The highest BCUT2D eigenvalue weighted by molar-refractivity contribution is 8.03. The summed E-state index contributed by atoms with van der Waals surface area (Å²) in [7, 11) is 2.73. The maximum absolute atomic E-state index is 12.7. The van der Waals surface area contributed by atoms with Crippen molar-refractivity contribution in [2.24, 2.45) is 5.92 Å². The lowest BCUT2D eigenvalue weighted by molar-refractivity contribution is -0.157. The molecule has 1 fully saturated rings. The van der Waals surface area contributed by atoms with E-state index < -0.39 is 10.7 Å². The molecule has 1 saturated carbocycles. The molecule has 1 aromatic carbocycles. The first-order chi connectivity index (χ1) is 11.6. The third kappa shape index (κ3) is 3.02. The summed E-state index contributed by atoms with van der Waals surface area (Å²) in [6.45, 7) is 0. The Morgan fingerprint density at radius 2 is 2.04 bits per heavy atom. The van der Waals surface area contributed by atoms with E-state index in [2.05, 4.69) is 4.98 Å². The number of benzene rings is 1. The SMILES string of the molecule is COC(=O)C1CCCCC1(Sc1nc2ccccc2s1)C(=O)OC. The Labute approximate surface area is 148 Å². The van der Waals surface area contributed by atoms with Crippen LogP contribution in [0.3, 0.4) is 0 Å². The van der Waals surface area contributed by atoms with Gasteiger partial charge >= 0.3 is 11.9 Å². The highest BCUT2D eigenvalue weighted by Crippen LogP contribution is 2.50. The number of methoxy groups -OCH3 is 2. The zero-order valence-electron chi connectivity index (χ0n) is 13.6. The number of esters is 2. The molecule has 0 radical (unpaired) electrons. The van der Waals surface area contributed by atoms with Gasteiger partial charge in [-0.2, -0.15) is 0 Å². The van der Waals surface area contributed by atoms with Gasteiger partial charge in [0.25, 0.3) is 0 Å². The van der Waals surface area contributed by atoms with Crippen molar-refractivity contribution in [3.63, 3.8) is 0 Å². The van der Waals surface area contributed by atoms with Crippen LogP contribution in [0.2, 0.25) is 0 Å². The number of thiazole rings is 1. The monoisotopic (exact) mass is 365 g/mol. The van der Waals surface area contributed by atoms with Gasteiger partial charge in [-0.1, -0.05) is 36.7 Å². The highest BCUT2D eigenvalue weighted by atomic mass is 32.2. The number of ether oxygens (including phenoxy) is 2. The molecular weight excluding hydrogens is 346 g/mol. The Hall–Kier alpha value is -1.60. The van der Waals surface area contributed by atoms with Gasteiger partial charge in [-0.15, -0.1) is 11.3 Å². The Morgan fingerprint density at radius 3 is 2.75 bits per heavy atom. The molecule has 3 rings (SSSR count). The summed E-state index contributed by atoms with van der Waals surface area (Å²) < 4.78 is 10.9. The second kappa shape index (κ2) is 7.11. The number of nitrogens with zero attached hydrogens (tertiary/aromatic N) is 1. The number of hydrogen-bond donors (Lipinski definition) is 0. The van der Waals surface area contributed by atoms with Gasteiger partial charge in [0.15, 0.2) is 4.34 Å². The molecule has 2 atom stereocenters. The molecule has 2 aromatic rings. The van der Waals surface area contributed by atoms with Crippen molar-refractivity contribution in [1.29, 1.82) is 0 Å². The summed E-state index contributed by atoms with van der Waals surface area (Å²) in [5.41, 5.74) is 0.899. The normalized spacial score (nSPS) is 23.8. The number of fused-ring (bicyclic) bond motifs is 1. The van der Waals surface area contributed by atoms with Crippen LogP contribution in [0.1, 0.15) is 25.7 Å². The molecule has 1 aliphatic carbocycles. The van der Waals surface area contributed by atoms with E-state index >= 15 is 0 Å². The van der Waals surface area contributed by atoms with Crippen LogP contribution in [0.15, 0.2) is 28.6 Å². The van der Waals surface area contributed by atoms with Gasteiger partial charge < -0.3 is 9.47 Å². The van der Waals surface area contributed by atoms with Crippen molar-refractivity contribution in [2.75, 3.05) is 14.2 Å². The number of para-hydroxylation sites is 1. The van der Waals surface area contributed by atoms with Gasteiger partial charge in [-0.05, 0) is 25.0 Å². The molecule has 1 aliphatic rings. The zero-order chi connectivity index (χ0) is 17.2. The Bertz CT molecular complexity index is 727. The van der Waals surface area contributed by atoms with Crippen LogP contribution in [-0.4, -0.2) is 35.9 Å². The fraction of sp³-hybridized carbons (Fsp3) is 0.471. The number of carbonyl (C=O) groups is 2. The molecule has 128 valence electrons. The average Bonchev–Trinajstić information content (AvgIpc) is 3.02. The third-order valence-electron chi connectivity index (χ3n) is 4.41. The fourth-order valence-corrected chi connectivity index (χ4v) is 6.03. The van der Waals surface area contributed by atoms with Crippen molar-refractivity contribution >= 4 is 45.3 Å². The van der Waals surface area contributed by atoms with Gasteiger partial charge in [-0.25, -0.2) is 4.98 Å². The van der Waals surface area contributed by atoms with Crippen LogP contribution >= 0.6 is 23.1 Å². The molecule has 5 nitrogen and oxygen atoms in total. The van der Waals surface area contributed by atoms with E-state index in [0.29, 0.717) is 12.8 Å². The van der Waals surface area contributed by atoms with Crippen molar-refractivity contribution < 1.29 is 19.1 Å². The van der Waals surface area contributed by atoms with Crippen molar-refractivity contribution in [3.05, 3.63) is 24.3 Å². The lowest BCUT2D eigenvalue weighted by Gasteiger charge is -2.38. The molecule has 1 heterocycles. The molecule has 0 spiro atoms. The van der Waals surface area contributed by atoms with Crippen LogP contribution in [0.5, 0.6) is 0 Å². The summed E-state index contributed by atoms with van der Waals surface area (Å²) in [6.07, 6.45) is 2.99. The highest BCUT2D eigenvalue weighted by Gasteiger charge is 2.53. The predicted octanol–water partition coefficient (Wildman–Crippen LogP) is 3.66. The van der Waals surface area contributed by atoms with E-state index in [4.69, 9.17) is 9.47 Å². The van der Waals surface area contributed by atoms with Crippen molar-refractivity contribution in [3.8, 4) is 0 Å². The second-order valence-electron chi connectivity index (χ2n) is 5.75. The van der Waals surface area contributed by atoms with E-state index in [0.717, 1.165) is 27.4 Å². The lowest BCUT2D eigenvalue weighted by atomic mass is 9.78. The zero-order valence-corrected chi connectivity index (χ0v) is 15.2. The van der Waals surface area contributed by atoms with Crippen LogP contribution in [0.4, 0.5) is 0 Å². The van der Waals surface area contributed by atoms with E-state index in [1.54, 1.807) is 0 Å². The largest absolute Gasteiger partial charge is 0.469 e. The standard InChI is InChI=1S/C17H19NO4S2/c1-21-14(19)11-7-5-6-10-17(11,15(20)22-2)24-16-18-12-8-3-4-9-13(12)23-16/h3-4,8-9,11H,5-7,10H2,1-2H3. The molecule has 7 heteroatoms. The van der Waals surface area contributed by atoms with Gasteiger partial charge in [0, 0.05) is 0 Å². The quantitative estimate of drug-likeness (QED) is 0.771. The summed E-state index contributed by atoms with van der Waals surface area (Å²) in [6, 6.07) is 7.84. The number of carbonyl (C=O) groups excluding carboxylic acids is 2. The van der Waals surface area contributed by atoms with Crippen LogP contribution in [-0.2, 0) is 19.1 Å². The molecule has 0 bridgehead atoms. The van der Waals surface area contributed by atoms with E-state index in [9.17, 15) is 9.59 Å². The first-order valence-electron chi connectivity index (χ1n) is 7.81.